The number of carbonyl (C=O) groups is 1. The molecule has 1 aliphatic carbocycles. The van der Waals surface area contributed by atoms with Gasteiger partial charge in [-0.05, 0) is 55.7 Å². The third kappa shape index (κ3) is 3.65. The highest BCUT2D eigenvalue weighted by molar-refractivity contribution is 5.96. The number of aryl methyl sites for hydroxylation is 1. The first-order chi connectivity index (χ1) is 10.2. The molecule has 114 valence electrons. The third-order valence-corrected chi connectivity index (χ3v) is 5.08. The van der Waals surface area contributed by atoms with Crippen molar-refractivity contribution in [1.29, 1.82) is 0 Å². The molecule has 2 aliphatic rings. The highest BCUT2D eigenvalue weighted by Crippen LogP contribution is 2.28. The first kappa shape index (κ1) is 14.6. The van der Waals surface area contributed by atoms with Crippen molar-refractivity contribution in [2.75, 3.05) is 11.9 Å². The molecule has 1 aromatic rings. The number of nitrogens with one attached hydrogen (secondary N) is 2. The average Bonchev–Trinajstić information content (AvgIpc) is 2.65. The quantitative estimate of drug-likeness (QED) is 0.894. The van der Waals surface area contributed by atoms with Crippen LogP contribution in [0.2, 0.25) is 0 Å². The van der Waals surface area contributed by atoms with Crippen molar-refractivity contribution in [3.63, 3.8) is 0 Å². The molecule has 1 unspecified atom stereocenters. The summed E-state index contributed by atoms with van der Waals surface area (Å²) in [5, 5.41) is 6.58. The molecule has 1 amide bonds. The molecule has 1 atom stereocenters. The predicted molar refractivity (Wildman–Crippen MR) is 86.3 cm³/mol. The predicted octanol–water partition coefficient (Wildman–Crippen LogP) is 3.36. The second kappa shape index (κ2) is 6.61. The molecule has 0 aromatic heterocycles. The Balaban J connectivity index is 1.54. The highest BCUT2D eigenvalue weighted by Gasteiger charge is 2.25. The van der Waals surface area contributed by atoms with E-state index >= 15 is 0 Å². The Labute approximate surface area is 127 Å². The summed E-state index contributed by atoms with van der Waals surface area (Å²) in [7, 11) is 0. The van der Waals surface area contributed by atoms with Crippen LogP contribution in [0.25, 0.3) is 0 Å². The van der Waals surface area contributed by atoms with E-state index in [-0.39, 0.29) is 11.9 Å². The van der Waals surface area contributed by atoms with E-state index in [0.29, 0.717) is 0 Å². The summed E-state index contributed by atoms with van der Waals surface area (Å²) >= 11 is 0. The Morgan fingerprint density at radius 2 is 1.90 bits per heavy atom. The maximum absolute atomic E-state index is 12.3. The number of hydrogen-bond donors (Lipinski definition) is 2. The number of anilines is 1. The lowest BCUT2D eigenvalue weighted by atomic mass is 9.83. The van der Waals surface area contributed by atoms with Gasteiger partial charge >= 0.3 is 0 Å². The fourth-order valence-electron chi connectivity index (χ4n) is 3.55. The standard InChI is InChI=1S/C18H26N2O/c1-13-6-8-14(9-7-13)12-19-17-11-10-15-4-2-3-5-16(15)20-18(17)21/h2-5,13-14,17,19H,6-12H2,1H3,(H,20,21). The second-order valence-corrected chi connectivity index (χ2v) is 6.77. The number of amides is 1. The molecule has 0 radical (unpaired) electrons. The zero-order valence-corrected chi connectivity index (χ0v) is 12.9. The summed E-state index contributed by atoms with van der Waals surface area (Å²) < 4.78 is 0. The SMILES string of the molecule is CC1CCC(CNC2CCc3ccccc3NC2=O)CC1. The molecule has 0 spiro atoms. The third-order valence-electron chi connectivity index (χ3n) is 5.08. The van der Waals surface area contributed by atoms with E-state index < -0.39 is 0 Å². The van der Waals surface area contributed by atoms with Crippen molar-refractivity contribution in [2.24, 2.45) is 11.8 Å². The Hall–Kier alpha value is -1.35. The van der Waals surface area contributed by atoms with Crippen LogP contribution in [0.3, 0.4) is 0 Å². The lowest BCUT2D eigenvalue weighted by Gasteiger charge is -2.27. The van der Waals surface area contributed by atoms with Crippen LogP contribution in [0.15, 0.2) is 24.3 Å². The minimum Gasteiger partial charge on any atom is -0.324 e. The number of para-hydroxylation sites is 1. The van der Waals surface area contributed by atoms with Gasteiger partial charge in [0.1, 0.15) is 0 Å². The zero-order valence-electron chi connectivity index (χ0n) is 12.9. The van der Waals surface area contributed by atoms with Crippen molar-refractivity contribution >= 4 is 11.6 Å². The molecule has 1 aromatic carbocycles. The summed E-state index contributed by atoms with van der Waals surface area (Å²) in [6.45, 7) is 3.33. The lowest BCUT2D eigenvalue weighted by molar-refractivity contribution is -0.118. The van der Waals surface area contributed by atoms with Gasteiger partial charge < -0.3 is 10.6 Å². The van der Waals surface area contributed by atoms with Gasteiger partial charge in [0.15, 0.2) is 0 Å². The van der Waals surface area contributed by atoms with Crippen LogP contribution in [0.1, 0.15) is 44.6 Å². The van der Waals surface area contributed by atoms with E-state index in [1.54, 1.807) is 0 Å². The number of rotatable bonds is 3. The fourth-order valence-corrected chi connectivity index (χ4v) is 3.55. The highest BCUT2D eigenvalue weighted by atomic mass is 16.2. The molecule has 2 N–H and O–H groups in total. The number of fused-ring (bicyclic) bond motifs is 1. The summed E-state index contributed by atoms with van der Waals surface area (Å²) in [6, 6.07) is 8.09. The Morgan fingerprint density at radius 1 is 1.14 bits per heavy atom. The van der Waals surface area contributed by atoms with Gasteiger partial charge in [-0.2, -0.15) is 0 Å². The van der Waals surface area contributed by atoms with Crippen LogP contribution in [0.5, 0.6) is 0 Å². The molecule has 21 heavy (non-hydrogen) atoms. The first-order valence-electron chi connectivity index (χ1n) is 8.34. The summed E-state index contributed by atoms with van der Waals surface area (Å²) in [5.74, 6) is 1.76. The maximum Gasteiger partial charge on any atom is 0.241 e. The van der Waals surface area contributed by atoms with Crippen LogP contribution in [-0.4, -0.2) is 18.5 Å². The molecular weight excluding hydrogens is 260 g/mol. The van der Waals surface area contributed by atoms with E-state index in [2.05, 4.69) is 23.6 Å². The molecule has 0 bridgehead atoms. The molecular formula is C18H26N2O. The van der Waals surface area contributed by atoms with Crippen LogP contribution >= 0.6 is 0 Å². The largest absolute Gasteiger partial charge is 0.324 e. The Kier molecular flexibility index (Phi) is 4.59. The van der Waals surface area contributed by atoms with E-state index in [4.69, 9.17) is 0 Å². The molecule has 0 saturated heterocycles. The lowest BCUT2D eigenvalue weighted by Crippen LogP contribution is -2.42. The van der Waals surface area contributed by atoms with Gasteiger partial charge in [0.2, 0.25) is 5.91 Å². The Bertz CT molecular complexity index is 492. The van der Waals surface area contributed by atoms with Crippen molar-refractivity contribution in [3.05, 3.63) is 29.8 Å². The normalized spacial score (nSPS) is 29.4. The fraction of sp³-hybridized carbons (Fsp3) is 0.611. The van der Waals surface area contributed by atoms with Crippen LogP contribution in [-0.2, 0) is 11.2 Å². The van der Waals surface area contributed by atoms with Crippen molar-refractivity contribution in [1.82, 2.24) is 5.32 Å². The van der Waals surface area contributed by atoms with E-state index in [1.807, 2.05) is 18.2 Å². The smallest absolute Gasteiger partial charge is 0.241 e. The second-order valence-electron chi connectivity index (χ2n) is 6.77. The molecule has 1 heterocycles. The van der Waals surface area contributed by atoms with Crippen molar-refractivity contribution in [2.45, 2.75) is 51.5 Å². The molecule has 1 fully saturated rings. The number of benzene rings is 1. The van der Waals surface area contributed by atoms with Gasteiger partial charge in [-0.15, -0.1) is 0 Å². The van der Waals surface area contributed by atoms with E-state index in [1.165, 1.54) is 31.2 Å². The first-order valence-corrected chi connectivity index (χ1v) is 8.34. The molecule has 1 saturated carbocycles. The van der Waals surface area contributed by atoms with Gasteiger partial charge in [-0.1, -0.05) is 38.0 Å². The average molecular weight is 286 g/mol. The minimum absolute atomic E-state index is 0.0447. The molecule has 1 aliphatic heterocycles. The van der Waals surface area contributed by atoms with E-state index in [0.717, 1.165) is 36.9 Å². The Morgan fingerprint density at radius 3 is 2.71 bits per heavy atom. The van der Waals surface area contributed by atoms with Gasteiger partial charge in [-0.3, -0.25) is 4.79 Å². The van der Waals surface area contributed by atoms with Gasteiger partial charge in [0.05, 0.1) is 6.04 Å². The summed E-state index contributed by atoms with van der Waals surface area (Å²) in [6.07, 6.45) is 7.16. The van der Waals surface area contributed by atoms with Crippen LogP contribution < -0.4 is 10.6 Å². The zero-order chi connectivity index (χ0) is 14.7. The molecule has 3 heteroatoms. The summed E-state index contributed by atoms with van der Waals surface area (Å²) in [5.41, 5.74) is 2.24. The monoisotopic (exact) mass is 286 g/mol. The molecule has 3 nitrogen and oxygen atoms in total. The van der Waals surface area contributed by atoms with Crippen molar-refractivity contribution < 1.29 is 4.79 Å². The van der Waals surface area contributed by atoms with Gasteiger partial charge in [0.25, 0.3) is 0 Å². The topological polar surface area (TPSA) is 41.1 Å². The number of carbonyl (C=O) groups excluding carboxylic acids is 1. The van der Waals surface area contributed by atoms with Crippen molar-refractivity contribution in [3.8, 4) is 0 Å². The van der Waals surface area contributed by atoms with Gasteiger partial charge in [0, 0.05) is 5.69 Å². The number of hydrogen-bond acceptors (Lipinski definition) is 2. The molecule has 3 rings (SSSR count). The van der Waals surface area contributed by atoms with E-state index in [9.17, 15) is 4.79 Å². The van der Waals surface area contributed by atoms with Crippen LogP contribution in [0, 0.1) is 11.8 Å². The van der Waals surface area contributed by atoms with Crippen LogP contribution in [0.4, 0.5) is 5.69 Å². The minimum atomic E-state index is -0.0447. The van der Waals surface area contributed by atoms with Gasteiger partial charge in [-0.25, -0.2) is 0 Å². The summed E-state index contributed by atoms with van der Waals surface area (Å²) in [4.78, 5) is 12.3. The maximum atomic E-state index is 12.3.